The van der Waals surface area contributed by atoms with Gasteiger partial charge in [-0.2, -0.15) is 0 Å². The fourth-order valence-corrected chi connectivity index (χ4v) is 3.73. The predicted molar refractivity (Wildman–Crippen MR) is 121 cm³/mol. The van der Waals surface area contributed by atoms with E-state index in [9.17, 15) is 4.79 Å². The van der Waals surface area contributed by atoms with Gasteiger partial charge in [0.05, 0.1) is 0 Å². The van der Waals surface area contributed by atoms with Crippen LogP contribution in [0.4, 0.5) is 0 Å². The van der Waals surface area contributed by atoms with E-state index in [1.165, 1.54) is 38.8 Å². The van der Waals surface area contributed by atoms with Crippen molar-refractivity contribution in [3.63, 3.8) is 0 Å². The molecule has 29 heavy (non-hydrogen) atoms. The van der Waals surface area contributed by atoms with Gasteiger partial charge in [0.15, 0.2) is 5.96 Å². The molecule has 0 bridgehead atoms. The van der Waals surface area contributed by atoms with Crippen molar-refractivity contribution in [2.24, 2.45) is 4.99 Å². The zero-order valence-electron chi connectivity index (χ0n) is 18.5. The van der Waals surface area contributed by atoms with Crippen LogP contribution in [0, 0.1) is 0 Å². The van der Waals surface area contributed by atoms with E-state index < -0.39 is 0 Å². The Labute approximate surface area is 176 Å². The summed E-state index contributed by atoms with van der Waals surface area (Å²) in [6.07, 6.45) is 6.58. The summed E-state index contributed by atoms with van der Waals surface area (Å²) in [5.74, 6) is 0.917. The lowest BCUT2D eigenvalue weighted by Gasteiger charge is -2.20. The van der Waals surface area contributed by atoms with Crippen molar-refractivity contribution >= 4 is 11.9 Å². The minimum atomic E-state index is 0.0939. The standard InChI is InChI=1S/C23H39N5O/c1-4-28(5-2)22(29)21-13-11-20(12-14-21)19-26-23(24-3)25-15-10-18-27-16-8-6-7-9-17-27/h11-14H,4-10,15-19H2,1-3H3,(H2,24,25,26). The van der Waals surface area contributed by atoms with E-state index in [4.69, 9.17) is 0 Å². The number of carbonyl (C=O) groups is 1. The number of hydrogen-bond acceptors (Lipinski definition) is 3. The first kappa shape index (κ1) is 23.2. The minimum Gasteiger partial charge on any atom is -0.356 e. The predicted octanol–water partition coefficient (Wildman–Crippen LogP) is 3.10. The van der Waals surface area contributed by atoms with Crippen LogP contribution in [0.2, 0.25) is 0 Å². The maximum Gasteiger partial charge on any atom is 0.253 e. The summed E-state index contributed by atoms with van der Waals surface area (Å²) >= 11 is 0. The fourth-order valence-electron chi connectivity index (χ4n) is 3.73. The van der Waals surface area contributed by atoms with Crippen molar-refractivity contribution < 1.29 is 4.79 Å². The number of amides is 1. The molecule has 0 radical (unpaired) electrons. The van der Waals surface area contributed by atoms with Gasteiger partial charge in [-0.1, -0.05) is 25.0 Å². The van der Waals surface area contributed by atoms with Crippen LogP contribution < -0.4 is 10.6 Å². The molecular weight excluding hydrogens is 362 g/mol. The molecule has 0 saturated carbocycles. The third kappa shape index (κ3) is 8.05. The van der Waals surface area contributed by atoms with Gasteiger partial charge in [0.2, 0.25) is 0 Å². The molecule has 1 amide bonds. The Hall–Kier alpha value is -2.08. The minimum absolute atomic E-state index is 0.0939. The molecule has 1 aliphatic heterocycles. The number of likely N-dealkylation sites (tertiary alicyclic amines) is 1. The summed E-state index contributed by atoms with van der Waals surface area (Å²) in [4.78, 5) is 21.1. The SMILES string of the molecule is CCN(CC)C(=O)c1ccc(CNC(=NC)NCCCN2CCCCCC2)cc1. The van der Waals surface area contributed by atoms with Crippen molar-refractivity contribution in [1.82, 2.24) is 20.4 Å². The second-order valence-electron chi connectivity index (χ2n) is 7.64. The molecule has 1 aromatic carbocycles. The Morgan fingerprint density at radius 1 is 1.03 bits per heavy atom. The van der Waals surface area contributed by atoms with Gasteiger partial charge >= 0.3 is 0 Å². The lowest BCUT2D eigenvalue weighted by molar-refractivity contribution is 0.0773. The molecule has 6 heteroatoms. The van der Waals surface area contributed by atoms with Crippen LogP contribution in [-0.4, -0.2) is 68.0 Å². The molecule has 2 rings (SSSR count). The molecule has 2 N–H and O–H groups in total. The fraction of sp³-hybridized carbons (Fsp3) is 0.652. The highest BCUT2D eigenvalue weighted by Gasteiger charge is 2.12. The molecule has 0 aromatic heterocycles. The summed E-state index contributed by atoms with van der Waals surface area (Å²) < 4.78 is 0. The van der Waals surface area contributed by atoms with Crippen molar-refractivity contribution in [1.29, 1.82) is 0 Å². The monoisotopic (exact) mass is 401 g/mol. The highest BCUT2D eigenvalue weighted by Crippen LogP contribution is 2.10. The molecular formula is C23H39N5O. The first-order chi connectivity index (χ1) is 14.2. The van der Waals surface area contributed by atoms with Gasteiger partial charge in [0.1, 0.15) is 0 Å². The summed E-state index contributed by atoms with van der Waals surface area (Å²) in [7, 11) is 1.80. The van der Waals surface area contributed by atoms with Crippen LogP contribution in [0.1, 0.15) is 61.9 Å². The number of carbonyl (C=O) groups excluding carboxylic acids is 1. The van der Waals surface area contributed by atoms with Gasteiger partial charge in [-0.3, -0.25) is 9.79 Å². The third-order valence-electron chi connectivity index (χ3n) is 5.58. The van der Waals surface area contributed by atoms with E-state index >= 15 is 0 Å². The number of hydrogen-bond donors (Lipinski definition) is 2. The number of aliphatic imine (C=N–C) groups is 1. The topological polar surface area (TPSA) is 60.0 Å². The summed E-state index contributed by atoms with van der Waals surface area (Å²) in [6, 6.07) is 7.84. The van der Waals surface area contributed by atoms with Gasteiger partial charge in [-0.05, 0) is 70.4 Å². The molecule has 1 fully saturated rings. The number of rotatable bonds is 9. The molecule has 6 nitrogen and oxygen atoms in total. The number of benzene rings is 1. The molecule has 0 aliphatic carbocycles. The molecule has 1 aliphatic rings. The van der Waals surface area contributed by atoms with Crippen molar-refractivity contribution in [3.8, 4) is 0 Å². The Balaban J connectivity index is 1.71. The molecule has 1 aromatic rings. The lowest BCUT2D eigenvalue weighted by Crippen LogP contribution is -2.38. The molecule has 162 valence electrons. The van der Waals surface area contributed by atoms with Gasteiger partial charge in [0, 0.05) is 38.8 Å². The van der Waals surface area contributed by atoms with Crippen LogP contribution >= 0.6 is 0 Å². The second kappa shape index (κ2) is 13.2. The van der Waals surface area contributed by atoms with Gasteiger partial charge in [-0.15, -0.1) is 0 Å². The van der Waals surface area contributed by atoms with Crippen molar-refractivity contribution in [3.05, 3.63) is 35.4 Å². The quantitative estimate of drug-likeness (QED) is 0.379. The number of guanidine groups is 1. The average Bonchev–Trinajstić information content (AvgIpc) is 3.03. The van der Waals surface area contributed by atoms with E-state index in [0.29, 0.717) is 6.54 Å². The molecule has 0 atom stereocenters. The van der Waals surface area contributed by atoms with E-state index in [-0.39, 0.29) is 5.91 Å². The Bertz CT molecular complexity index is 617. The highest BCUT2D eigenvalue weighted by atomic mass is 16.2. The molecule has 1 heterocycles. The first-order valence-corrected chi connectivity index (χ1v) is 11.2. The number of nitrogens with one attached hydrogen (secondary N) is 2. The molecule has 1 saturated heterocycles. The lowest BCUT2D eigenvalue weighted by atomic mass is 10.1. The molecule has 0 unspecified atom stereocenters. The van der Waals surface area contributed by atoms with Crippen LogP contribution in [0.15, 0.2) is 29.3 Å². The number of nitrogens with zero attached hydrogens (tertiary/aromatic N) is 3. The van der Waals surface area contributed by atoms with E-state index in [1.807, 2.05) is 43.0 Å². The van der Waals surface area contributed by atoms with Crippen molar-refractivity contribution in [2.75, 3.05) is 46.3 Å². The van der Waals surface area contributed by atoms with Gasteiger partial charge < -0.3 is 20.4 Å². The smallest absolute Gasteiger partial charge is 0.253 e. The van der Waals surface area contributed by atoms with Crippen molar-refractivity contribution in [2.45, 2.75) is 52.5 Å². The van der Waals surface area contributed by atoms with Gasteiger partial charge in [0.25, 0.3) is 5.91 Å². The Morgan fingerprint density at radius 3 is 2.28 bits per heavy atom. The zero-order chi connectivity index (χ0) is 20.9. The summed E-state index contributed by atoms with van der Waals surface area (Å²) in [5, 5.41) is 6.76. The average molecular weight is 402 g/mol. The van der Waals surface area contributed by atoms with Crippen LogP contribution in [0.3, 0.4) is 0 Å². The third-order valence-corrected chi connectivity index (χ3v) is 5.58. The van der Waals surface area contributed by atoms with Crippen LogP contribution in [-0.2, 0) is 6.54 Å². The summed E-state index contributed by atoms with van der Waals surface area (Å²) in [5.41, 5.74) is 1.88. The van der Waals surface area contributed by atoms with Gasteiger partial charge in [-0.25, -0.2) is 0 Å². The van der Waals surface area contributed by atoms with E-state index in [2.05, 4.69) is 20.5 Å². The Kier molecular flexibility index (Phi) is 10.6. The maximum absolute atomic E-state index is 12.4. The molecule has 0 spiro atoms. The Morgan fingerprint density at radius 2 is 1.69 bits per heavy atom. The summed E-state index contributed by atoms with van der Waals surface area (Å²) in [6.45, 7) is 10.7. The van der Waals surface area contributed by atoms with E-state index in [1.54, 1.807) is 7.05 Å². The van der Waals surface area contributed by atoms with Crippen LogP contribution in [0.25, 0.3) is 0 Å². The van der Waals surface area contributed by atoms with E-state index in [0.717, 1.165) is 49.7 Å². The largest absolute Gasteiger partial charge is 0.356 e. The zero-order valence-corrected chi connectivity index (χ0v) is 18.5. The first-order valence-electron chi connectivity index (χ1n) is 11.2. The normalized spacial score (nSPS) is 15.6. The van der Waals surface area contributed by atoms with Crippen LogP contribution in [0.5, 0.6) is 0 Å². The maximum atomic E-state index is 12.4. The highest BCUT2D eigenvalue weighted by molar-refractivity contribution is 5.94. The second-order valence-corrected chi connectivity index (χ2v) is 7.64.